The molecule has 0 aromatic heterocycles. The molecule has 0 saturated carbocycles. The van der Waals surface area contributed by atoms with Gasteiger partial charge in [0.1, 0.15) is 23.6 Å². The molecule has 2 N–H and O–H groups in total. The normalized spacial score (nSPS) is 19.7. The zero-order valence-corrected chi connectivity index (χ0v) is 18.4. The summed E-state index contributed by atoms with van der Waals surface area (Å²) in [6.07, 6.45) is -2.12. The first-order chi connectivity index (χ1) is 14.6. The van der Waals surface area contributed by atoms with E-state index in [2.05, 4.69) is 0 Å². The van der Waals surface area contributed by atoms with Crippen molar-refractivity contribution in [3.05, 3.63) is 39.9 Å². The van der Waals surface area contributed by atoms with Crippen molar-refractivity contribution in [2.45, 2.75) is 59.1 Å². The molecule has 3 unspecified atom stereocenters. The van der Waals surface area contributed by atoms with Gasteiger partial charge in [-0.1, -0.05) is 0 Å². The quantitative estimate of drug-likeness (QED) is 0.181. The van der Waals surface area contributed by atoms with E-state index in [1.54, 1.807) is 0 Å². The van der Waals surface area contributed by atoms with E-state index in [0.29, 0.717) is 10.5 Å². The van der Waals surface area contributed by atoms with E-state index in [1.165, 1.54) is 45.0 Å². The summed E-state index contributed by atoms with van der Waals surface area (Å²) in [6, 6.07) is 3.89. The van der Waals surface area contributed by atoms with Crippen molar-refractivity contribution in [1.82, 2.24) is 4.90 Å². The molecule has 2 rings (SSSR count). The molecule has 1 amide bonds. The van der Waals surface area contributed by atoms with Crippen molar-refractivity contribution >= 4 is 29.1 Å². The van der Waals surface area contributed by atoms with Crippen LogP contribution in [0.2, 0.25) is 0 Å². The minimum absolute atomic E-state index is 0.153. The van der Waals surface area contributed by atoms with E-state index in [-0.39, 0.29) is 12.3 Å². The number of benzene rings is 1. The van der Waals surface area contributed by atoms with Gasteiger partial charge in [0, 0.05) is 12.1 Å². The third-order valence-electron chi connectivity index (χ3n) is 5.95. The number of esters is 1. The van der Waals surface area contributed by atoms with E-state index >= 15 is 0 Å². The number of non-ortho nitro benzene ring substituents is 1. The number of aliphatic hydroxyl groups is 2. The van der Waals surface area contributed by atoms with Crippen LogP contribution in [0.25, 0.3) is 0 Å². The number of nitrogens with zero attached hydrogens (tertiary/aromatic N) is 2. The predicted molar refractivity (Wildman–Crippen MR) is 109 cm³/mol. The van der Waals surface area contributed by atoms with E-state index in [0.717, 1.165) is 13.8 Å². The fourth-order valence-electron chi connectivity index (χ4n) is 3.80. The van der Waals surface area contributed by atoms with Crippen LogP contribution < -0.4 is 0 Å². The van der Waals surface area contributed by atoms with E-state index in [1.807, 2.05) is 0 Å². The van der Waals surface area contributed by atoms with Gasteiger partial charge in [0.15, 0.2) is 0 Å². The molecular formula is C21H26N2O9. The fourth-order valence-corrected chi connectivity index (χ4v) is 3.80. The highest BCUT2D eigenvalue weighted by Crippen LogP contribution is 2.46. The van der Waals surface area contributed by atoms with E-state index in [9.17, 15) is 39.5 Å². The molecule has 1 heterocycles. The average Bonchev–Trinajstić information content (AvgIpc) is 2.68. The van der Waals surface area contributed by atoms with Gasteiger partial charge in [-0.15, -0.1) is 0 Å². The maximum Gasteiger partial charge on any atom is 0.356 e. The SMILES string of the molecule is CC(=O)C(C)(C(C)=O)C1C(C(C)(C)O)C(=O)N1C(O)C(=O)OCc1ccc([N+](=O)[O-])cc1. The van der Waals surface area contributed by atoms with E-state index in [4.69, 9.17) is 4.74 Å². The number of nitro benzene ring substituents is 1. The summed E-state index contributed by atoms with van der Waals surface area (Å²) in [5.74, 6) is -4.42. The zero-order valence-electron chi connectivity index (χ0n) is 18.4. The molecular weight excluding hydrogens is 424 g/mol. The number of rotatable bonds is 9. The first kappa shape index (κ1) is 25.1. The summed E-state index contributed by atoms with van der Waals surface area (Å²) in [6.45, 7) is 5.94. The summed E-state index contributed by atoms with van der Waals surface area (Å²) >= 11 is 0. The second kappa shape index (κ2) is 8.75. The van der Waals surface area contributed by atoms with Gasteiger partial charge >= 0.3 is 5.97 Å². The number of hydrogen-bond acceptors (Lipinski definition) is 9. The maximum atomic E-state index is 12.7. The van der Waals surface area contributed by atoms with Gasteiger partial charge in [0.05, 0.1) is 22.5 Å². The second-order valence-electron chi connectivity index (χ2n) is 8.54. The standard InChI is InChI=1S/C21H26N2O9/c1-11(24)21(5,12(2)25)16-15(20(3,4)29)17(26)22(16)18(27)19(28)32-10-13-6-8-14(9-7-13)23(30)31/h6-9,15-16,18,27,29H,10H2,1-5H3. The van der Waals surface area contributed by atoms with Crippen LogP contribution in [0.15, 0.2) is 24.3 Å². The number of aliphatic hydroxyl groups excluding tert-OH is 1. The highest BCUT2D eigenvalue weighted by molar-refractivity contribution is 6.08. The number of ketones is 2. The summed E-state index contributed by atoms with van der Waals surface area (Å²) < 4.78 is 5.01. The van der Waals surface area contributed by atoms with Gasteiger partial charge in [-0.3, -0.25) is 24.5 Å². The Morgan fingerprint density at radius 2 is 1.66 bits per heavy atom. The minimum atomic E-state index is -2.12. The number of hydrogen-bond donors (Lipinski definition) is 2. The lowest BCUT2D eigenvalue weighted by molar-refractivity contribution is -0.384. The molecule has 1 aromatic rings. The number of nitro groups is 1. The number of likely N-dealkylation sites (tertiary alicyclic amines) is 1. The van der Waals surface area contributed by atoms with Crippen LogP contribution in [0.4, 0.5) is 5.69 Å². The van der Waals surface area contributed by atoms with Gasteiger partial charge in [0.25, 0.3) is 5.69 Å². The first-order valence-electron chi connectivity index (χ1n) is 9.78. The monoisotopic (exact) mass is 450 g/mol. The van der Waals surface area contributed by atoms with Crippen LogP contribution in [0.5, 0.6) is 0 Å². The van der Waals surface area contributed by atoms with Crippen LogP contribution in [0.1, 0.15) is 40.2 Å². The Morgan fingerprint density at radius 3 is 2.06 bits per heavy atom. The van der Waals surface area contributed by atoms with Crippen molar-refractivity contribution in [2.24, 2.45) is 11.3 Å². The van der Waals surface area contributed by atoms with Crippen molar-refractivity contribution in [1.29, 1.82) is 0 Å². The Hall–Kier alpha value is -3.18. The summed E-state index contributed by atoms with van der Waals surface area (Å²) in [5, 5.41) is 31.7. The van der Waals surface area contributed by atoms with Crippen LogP contribution in [-0.2, 0) is 30.5 Å². The Kier molecular flexibility index (Phi) is 6.86. The predicted octanol–water partition coefficient (Wildman–Crippen LogP) is 0.739. The Balaban J connectivity index is 2.25. The Bertz CT molecular complexity index is 935. The number of Topliss-reactive ketones (excluding diaryl/α,β-unsaturated/α-hetero) is 2. The topological polar surface area (TPSA) is 164 Å². The van der Waals surface area contributed by atoms with Crippen molar-refractivity contribution in [3.63, 3.8) is 0 Å². The molecule has 0 radical (unpaired) electrons. The first-order valence-corrected chi connectivity index (χ1v) is 9.78. The molecule has 174 valence electrons. The molecule has 0 aliphatic carbocycles. The fraction of sp³-hybridized carbons (Fsp3) is 0.524. The molecule has 11 heteroatoms. The molecule has 0 spiro atoms. The Labute approximate surface area is 184 Å². The lowest BCUT2D eigenvalue weighted by Crippen LogP contribution is -2.77. The second-order valence-corrected chi connectivity index (χ2v) is 8.54. The van der Waals surface area contributed by atoms with Crippen molar-refractivity contribution in [2.75, 3.05) is 0 Å². The number of carbonyl (C=O) groups excluding carboxylic acids is 4. The van der Waals surface area contributed by atoms with Gasteiger partial charge in [0.2, 0.25) is 12.1 Å². The average molecular weight is 450 g/mol. The van der Waals surface area contributed by atoms with Crippen LogP contribution in [-0.4, -0.2) is 61.4 Å². The highest BCUT2D eigenvalue weighted by Gasteiger charge is 2.66. The third-order valence-corrected chi connectivity index (χ3v) is 5.95. The molecule has 1 aromatic carbocycles. The van der Waals surface area contributed by atoms with Crippen LogP contribution in [0.3, 0.4) is 0 Å². The minimum Gasteiger partial charge on any atom is -0.457 e. The lowest BCUT2D eigenvalue weighted by Gasteiger charge is -2.57. The van der Waals surface area contributed by atoms with Crippen LogP contribution >= 0.6 is 0 Å². The van der Waals surface area contributed by atoms with E-state index < -0.39 is 57.6 Å². The van der Waals surface area contributed by atoms with Gasteiger partial charge in [-0.25, -0.2) is 4.79 Å². The number of β-lactam (4-membered cyclic amide) rings is 1. The smallest absolute Gasteiger partial charge is 0.356 e. The number of amides is 1. The van der Waals surface area contributed by atoms with Gasteiger partial charge in [-0.2, -0.15) is 0 Å². The largest absolute Gasteiger partial charge is 0.457 e. The molecule has 1 aliphatic rings. The van der Waals surface area contributed by atoms with Gasteiger partial charge in [-0.05, 0) is 52.3 Å². The zero-order chi connectivity index (χ0) is 24.6. The lowest BCUT2D eigenvalue weighted by atomic mass is 9.61. The molecule has 11 nitrogen and oxygen atoms in total. The maximum absolute atomic E-state index is 12.7. The number of ether oxygens (including phenoxy) is 1. The highest BCUT2D eigenvalue weighted by atomic mass is 16.6. The van der Waals surface area contributed by atoms with Crippen LogP contribution in [0, 0.1) is 21.4 Å². The van der Waals surface area contributed by atoms with Crippen molar-refractivity contribution in [3.8, 4) is 0 Å². The Morgan fingerprint density at radius 1 is 1.16 bits per heavy atom. The molecule has 32 heavy (non-hydrogen) atoms. The van der Waals surface area contributed by atoms with Crippen molar-refractivity contribution < 1.29 is 39.1 Å². The molecule has 1 aliphatic heterocycles. The van der Waals surface area contributed by atoms with Gasteiger partial charge < -0.3 is 19.8 Å². The summed E-state index contributed by atoms with van der Waals surface area (Å²) in [5.41, 5.74) is -3.15. The molecule has 3 atom stereocenters. The summed E-state index contributed by atoms with van der Waals surface area (Å²) in [7, 11) is 0. The molecule has 1 saturated heterocycles. The molecule has 0 bridgehead atoms. The molecule has 1 fully saturated rings. The third kappa shape index (κ3) is 4.39. The number of carbonyl (C=O) groups is 4. The summed E-state index contributed by atoms with van der Waals surface area (Å²) in [4.78, 5) is 60.7.